The number of carbonyl (C=O) groups is 2. The van der Waals surface area contributed by atoms with Crippen LogP contribution in [-0.4, -0.2) is 40.6 Å². The van der Waals surface area contributed by atoms with E-state index in [9.17, 15) is 22.8 Å². The first kappa shape index (κ1) is 14.8. The zero-order valence-corrected chi connectivity index (χ0v) is 9.87. The summed E-state index contributed by atoms with van der Waals surface area (Å²) < 4.78 is 36.1. The molecule has 1 N–H and O–H groups in total. The Morgan fingerprint density at radius 3 is 2.50 bits per heavy atom. The van der Waals surface area contributed by atoms with E-state index in [4.69, 9.17) is 5.11 Å². The third-order valence-corrected chi connectivity index (χ3v) is 2.98. The van der Waals surface area contributed by atoms with Crippen LogP contribution in [0, 0.1) is 0 Å². The molecule has 1 saturated heterocycles. The lowest BCUT2D eigenvalue weighted by Gasteiger charge is -2.35. The van der Waals surface area contributed by atoms with Gasteiger partial charge in [0.2, 0.25) is 5.91 Å². The largest absolute Gasteiger partial charge is 0.481 e. The maximum Gasteiger partial charge on any atom is 0.389 e. The summed E-state index contributed by atoms with van der Waals surface area (Å²) in [5.41, 5.74) is 0. The van der Waals surface area contributed by atoms with Crippen molar-refractivity contribution in [1.82, 2.24) is 4.90 Å². The molecule has 7 heteroatoms. The topological polar surface area (TPSA) is 57.6 Å². The molecule has 1 heterocycles. The van der Waals surface area contributed by atoms with Crippen molar-refractivity contribution in [3.63, 3.8) is 0 Å². The third-order valence-electron chi connectivity index (χ3n) is 2.98. The molecule has 1 rings (SSSR count). The van der Waals surface area contributed by atoms with Gasteiger partial charge < -0.3 is 10.0 Å². The highest BCUT2D eigenvalue weighted by molar-refractivity contribution is 5.77. The number of carboxylic acid groups (broad SMARTS) is 1. The summed E-state index contributed by atoms with van der Waals surface area (Å²) in [5, 5.41) is 8.71. The average molecular weight is 267 g/mol. The smallest absolute Gasteiger partial charge is 0.389 e. The Morgan fingerprint density at radius 1 is 1.28 bits per heavy atom. The van der Waals surface area contributed by atoms with Gasteiger partial charge in [0.1, 0.15) is 0 Å². The molecule has 1 fully saturated rings. The van der Waals surface area contributed by atoms with Crippen LogP contribution in [0.5, 0.6) is 0 Å². The van der Waals surface area contributed by atoms with E-state index in [1.54, 1.807) is 0 Å². The quantitative estimate of drug-likeness (QED) is 0.849. The molecule has 18 heavy (non-hydrogen) atoms. The van der Waals surface area contributed by atoms with E-state index in [0.29, 0.717) is 19.4 Å². The zero-order valence-electron chi connectivity index (χ0n) is 9.87. The fourth-order valence-electron chi connectivity index (χ4n) is 2.13. The molecule has 0 spiro atoms. The fraction of sp³-hybridized carbons (Fsp3) is 0.818. The molecular formula is C11H16F3NO3. The highest BCUT2D eigenvalue weighted by Crippen LogP contribution is 2.25. The average Bonchev–Trinajstić information content (AvgIpc) is 2.25. The number of hydrogen-bond acceptors (Lipinski definition) is 2. The van der Waals surface area contributed by atoms with Crippen molar-refractivity contribution < 1.29 is 27.9 Å². The summed E-state index contributed by atoms with van der Waals surface area (Å²) in [6, 6.07) is -0.461. The van der Waals surface area contributed by atoms with Crippen LogP contribution in [0.3, 0.4) is 0 Å². The first-order valence-corrected chi connectivity index (χ1v) is 5.87. The fourth-order valence-corrected chi connectivity index (χ4v) is 2.13. The number of piperidine rings is 1. The van der Waals surface area contributed by atoms with E-state index in [2.05, 4.69) is 0 Å². The lowest BCUT2D eigenvalue weighted by Crippen LogP contribution is -2.45. The minimum Gasteiger partial charge on any atom is -0.481 e. The van der Waals surface area contributed by atoms with E-state index in [-0.39, 0.29) is 6.42 Å². The number of hydrogen-bond donors (Lipinski definition) is 1. The first-order chi connectivity index (χ1) is 8.29. The molecule has 1 aliphatic heterocycles. The van der Waals surface area contributed by atoms with Crippen molar-refractivity contribution in [3.8, 4) is 0 Å². The molecule has 1 amide bonds. The molecule has 104 valence electrons. The Hall–Kier alpha value is -1.27. The Kier molecular flexibility index (Phi) is 4.98. The van der Waals surface area contributed by atoms with Gasteiger partial charge in [0.25, 0.3) is 0 Å². The van der Waals surface area contributed by atoms with Gasteiger partial charge in [-0.15, -0.1) is 0 Å². The van der Waals surface area contributed by atoms with Crippen LogP contribution < -0.4 is 0 Å². The van der Waals surface area contributed by atoms with Crippen LogP contribution in [-0.2, 0) is 9.59 Å². The minimum absolute atomic E-state index is 0.197. The summed E-state index contributed by atoms with van der Waals surface area (Å²) in [6.45, 7) is 0.356. The normalized spacial score (nSPS) is 20.8. The number of halogens is 3. The second kappa shape index (κ2) is 6.06. The van der Waals surface area contributed by atoms with Crippen molar-refractivity contribution in [3.05, 3.63) is 0 Å². The Balaban J connectivity index is 2.54. The molecule has 0 bridgehead atoms. The maximum absolute atomic E-state index is 12.0. The van der Waals surface area contributed by atoms with Gasteiger partial charge in [-0.25, -0.2) is 0 Å². The van der Waals surface area contributed by atoms with Crippen LogP contribution in [0.2, 0.25) is 0 Å². The van der Waals surface area contributed by atoms with Gasteiger partial charge in [-0.2, -0.15) is 13.2 Å². The van der Waals surface area contributed by atoms with Crippen molar-refractivity contribution in [1.29, 1.82) is 0 Å². The van der Waals surface area contributed by atoms with Crippen molar-refractivity contribution >= 4 is 11.9 Å². The number of likely N-dealkylation sites (tertiary alicyclic amines) is 1. The second-order valence-corrected chi connectivity index (χ2v) is 4.45. The van der Waals surface area contributed by atoms with Crippen LogP contribution in [0.1, 0.15) is 38.5 Å². The molecule has 1 aliphatic rings. The van der Waals surface area contributed by atoms with Gasteiger partial charge in [-0.3, -0.25) is 9.59 Å². The number of amides is 1. The Bertz CT molecular complexity index is 317. The van der Waals surface area contributed by atoms with Crippen LogP contribution in [0.15, 0.2) is 0 Å². The molecular weight excluding hydrogens is 251 g/mol. The molecule has 0 radical (unpaired) electrons. The van der Waals surface area contributed by atoms with Crippen molar-refractivity contribution in [2.45, 2.75) is 50.7 Å². The van der Waals surface area contributed by atoms with Gasteiger partial charge in [-0.05, 0) is 19.3 Å². The van der Waals surface area contributed by atoms with Gasteiger partial charge in [0.05, 0.1) is 12.8 Å². The predicted octanol–water partition coefficient (Wildman–Crippen LogP) is 2.18. The molecule has 1 atom stereocenters. The lowest BCUT2D eigenvalue weighted by atomic mass is 9.98. The molecule has 0 aliphatic carbocycles. The standard InChI is InChI=1S/C11H16F3NO3/c12-11(13,14)5-4-9(16)15-6-2-1-3-8(15)7-10(17)18/h8H,1-7H2,(H,17,18). The molecule has 0 saturated carbocycles. The molecule has 1 unspecified atom stereocenters. The highest BCUT2D eigenvalue weighted by atomic mass is 19.4. The Labute approximate surface area is 103 Å². The zero-order chi connectivity index (χ0) is 13.8. The second-order valence-electron chi connectivity index (χ2n) is 4.45. The van der Waals surface area contributed by atoms with E-state index in [1.165, 1.54) is 4.90 Å². The SMILES string of the molecule is O=C(O)CC1CCCCN1C(=O)CCC(F)(F)F. The number of carboxylic acids is 1. The number of aliphatic carboxylic acids is 1. The van der Waals surface area contributed by atoms with E-state index in [1.807, 2.05) is 0 Å². The summed E-state index contributed by atoms with van der Waals surface area (Å²) >= 11 is 0. The predicted molar refractivity (Wildman–Crippen MR) is 56.9 cm³/mol. The molecule has 4 nitrogen and oxygen atoms in total. The van der Waals surface area contributed by atoms with E-state index >= 15 is 0 Å². The summed E-state index contributed by atoms with van der Waals surface area (Å²) in [4.78, 5) is 23.6. The monoisotopic (exact) mass is 267 g/mol. The van der Waals surface area contributed by atoms with Gasteiger partial charge in [0, 0.05) is 19.0 Å². The number of carbonyl (C=O) groups excluding carboxylic acids is 1. The number of nitrogens with zero attached hydrogens (tertiary/aromatic N) is 1. The maximum atomic E-state index is 12.0. The molecule has 0 aromatic heterocycles. The third kappa shape index (κ3) is 4.93. The number of rotatable bonds is 4. The van der Waals surface area contributed by atoms with E-state index < -0.39 is 36.9 Å². The highest BCUT2D eigenvalue weighted by Gasteiger charge is 2.32. The molecule has 0 aromatic carbocycles. The van der Waals surface area contributed by atoms with Crippen molar-refractivity contribution in [2.75, 3.05) is 6.54 Å². The van der Waals surface area contributed by atoms with Crippen LogP contribution in [0.4, 0.5) is 13.2 Å². The van der Waals surface area contributed by atoms with Gasteiger partial charge in [-0.1, -0.05) is 0 Å². The summed E-state index contributed by atoms with van der Waals surface area (Å²) in [7, 11) is 0. The minimum atomic E-state index is -4.35. The van der Waals surface area contributed by atoms with Crippen LogP contribution in [0.25, 0.3) is 0 Å². The van der Waals surface area contributed by atoms with Crippen molar-refractivity contribution in [2.24, 2.45) is 0 Å². The number of alkyl halides is 3. The summed E-state index contributed by atoms with van der Waals surface area (Å²) in [5.74, 6) is -1.63. The Morgan fingerprint density at radius 2 is 1.94 bits per heavy atom. The van der Waals surface area contributed by atoms with E-state index in [0.717, 1.165) is 6.42 Å². The first-order valence-electron chi connectivity index (χ1n) is 5.87. The lowest BCUT2D eigenvalue weighted by molar-refractivity contribution is -0.152. The summed E-state index contributed by atoms with van der Waals surface area (Å²) in [6.07, 6.45) is -4.23. The van der Waals surface area contributed by atoms with Gasteiger partial charge in [0.15, 0.2) is 0 Å². The van der Waals surface area contributed by atoms with Crippen LogP contribution >= 0.6 is 0 Å². The molecule has 0 aromatic rings. The van der Waals surface area contributed by atoms with Gasteiger partial charge >= 0.3 is 12.1 Å².